The van der Waals surface area contributed by atoms with E-state index >= 15 is 0 Å². The molecule has 4 heteroatoms. The van der Waals surface area contributed by atoms with E-state index in [-0.39, 0.29) is 0 Å². The number of benzene rings is 6. The minimum Gasteiger partial charge on any atom is -0.309 e. The van der Waals surface area contributed by atoms with E-state index in [1.807, 2.05) is 6.92 Å². The van der Waals surface area contributed by atoms with E-state index in [1.54, 1.807) is 0 Å². The fourth-order valence-electron chi connectivity index (χ4n) is 7.23. The Balaban J connectivity index is 1.28. The molecule has 50 heavy (non-hydrogen) atoms. The summed E-state index contributed by atoms with van der Waals surface area (Å²) in [4.78, 5) is 10.7. The summed E-state index contributed by atoms with van der Waals surface area (Å²) in [6.45, 7) is 4.19. The summed E-state index contributed by atoms with van der Waals surface area (Å²) in [6, 6.07) is 53.7. The van der Waals surface area contributed by atoms with Crippen LogP contribution in [-0.2, 0) is 0 Å². The lowest BCUT2D eigenvalue weighted by Crippen LogP contribution is -1.99. The molecule has 0 N–H and O–H groups in total. The van der Waals surface area contributed by atoms with Crippen molar-refractivity contribution < 1.29 is 0 Å². The van der Waals surface area contributed by atoms with Gasteiger partial charge in [-0.2, -0.15) is 0 Å². The standard InChI is InChI=1S/C46H34N4/c1-3-4-15-31(2)32-24-27-36(28-25-32)49-40-22-13-11-20-37(40)39-30-34(26-29-42(39)49)45-47-44(33-16-7-5-8-17-33)43-38-21-12-14-23-41(38)50(46(43)48-45)35-18-9-6-10-19-35/h3-30H,1-2H3. The minimum absolute atomic E-state index is 0.697. The first-order chi connectivity index (χ1) is 24.7. The van der Waals surface area contributed by atoms with E-state index in [4.69, 9.17) is 9.97 Å². The molecule has 6 aromatic carbocycles. The summed E-state index contributed by atoms with van der Waals surface area (Å²) in [5.41, 5.74) is 11.9. The maximum Gasteiger partial charge on any atom is 0.162 e. The molecule has 0 fully saturated rings. The maximum atomic E-state index is 5.38. The van der Waals surface area contributed by atoms with E-state index in [1.165, 1.54) is 27.4 Å². The van der Waals surface area contributed by atoms with Crippen molar-refractivity contribution in [2.75, 3.05) is 0 Å². The first kappa shape index (κ1) is 29.6. The molecule has 3 heterocycles. The van der Waals surface area contributed by atoms with Gasteiger partial charge in [0.15, 0.2) is 5.82 Å². The topological polar surface area (TPSA) is 35.6 Å². The molecule has 0 saturated carbocycles. The van der Waals surface area contributed by atoms with Crippen LogP contribution in [0.15, 0.2) is 170 Å². The van der Waals surface area contributed by atoms with Gasteiger partial charge in [0.1, 0.15) is 5.65 Å². The fraction of sp³-hybridized carbons (Fsp3) is 0.0435. The third kappa shape index (κ3) is 4.84. The molecule has 9 rings (SSSR count). The predicted molar refractivity (Wildman–Crippen MR) is 210 cm³/mol. The highest BCUT2D eigenvalue weighted by atomic mass is 15.1. The SMILES string of the molecule is CC=CC=C(C)c1ccc(-n2c3ccccc3c3cc(-c4nc(-c5ccccc5)c5c6ccccc6n(-c6ccccc6)c5n4)ccc32)cc1. The van der Waals surface area contributed by atoms with Gasteiger partial charge in [-0.1, -0.05) is 115 Å². The Kier molecular flexibility index (Phi) is 7.21. The van der Waals surface area contributed by atoms with Crippen LogP contribution in [0.25, 0.3) is 83.3 Å². The summed E-state index contributed by atoms with van der Waals surface area (Å²) >= 11 is 0. The molecule has 0 aliphatic carbocycles. The number of aromatic nitrogens is 4. The van der Waals surface area contributed by atoms with Crippen LogP contribution in [0.1, 0.15) is 19.4 Å². The lowest BCUT2D eigenvalue weighted by molar-refractivity contribution is 1.11. The Bertz CT molecular complexity index is 2750. The van der Waals surface area contributed by atoms with Crippen LogP contribution < -0.4 is 0 Å². The van der Waals surface area contributed by atoms with Crippen LogP contribution in [0, 0.1) is 0 Å². The Morgan fingerprint density at radius 2 is 1.16 bits per heavy atom. The molecule has 238 valence electrons. The zero-order chi connectivity index (χ0) is 33.6. The van der Waals surface area contributed by atoms with E-state index in [2.05, 4.69) is 186 Å². The molecule has 0 saturated heterocycles. The molecular weight excluding hydrogens is 609 g/mol. The van der Waals surface area contributed by atoms with Crippen molar-refractivity contribution >= 4 is 49.3 Å². The van der Waals surface area contributed by atoms with E-state index < -0.39 is 0 Å². The van der Waals surface area contributed by atoms with Crippen LogP contribution >= 0.6 is 0 Å². The molecule has 0 bridgehead atoms. The predicted octanol–water partition coefficient (Wildman–Crippen LogP) is 12.0. The van der Waals surface area contributed by atoms with Gasteiger partial charge in [-0.25, -0.2) is 9.97 Å². The average molecular weight is 643 g/mol. The third-order valence-corrected chi connectivity index (χ3v) is 9.63. The molecule has 0 spiro atoms. The van der Waals surface area contributed by atoms with Crippen molar-refractivity contribution in [1.29, 1.82) is 0 Å². The molecule has 0 atom stereocenters. The van der Waals surface area contributed by atoms with Gasteiger partial charge >= 0.3 is 0 Å². The molecule has 0 aliphatic heterocycles. The highest BCUT2D eigenvalue weighted by molar-refractivity contribution is 6.14. The second-order valence-corrected chi connectivity index (χ2v) is 12.7. The number of hydrogen-bond acceptors (Lipinski definition) is 2. The van der Waals surface area contributed by atoms with Gasteiger partial charge < -0.3 is 4.57 Å². The second-order valence-electron chi connectivity index (χ2n) is 12.7. The third-order valence-electron chi connectivity index (χ3n) is 9.63. The Hall–Kier alpha value is -6.52. The Morgan fingerprint density at radius 3 is 1.90 bits per heavy atom. The van der Waals surface area contributed by atoms with Gasteiger partial charge in [0.05, 0.1) is 27.6 Å². The monoisotopic (exact) mass is 642 g/mol. The van der Waals surface area contributed by atoms with Gasteiger partial charge in [0.25, 0.3) is 0 Å². The molecule has 0 unspecified atom stereocenters. The molecule has 4 nitrogen and oxygen atoms in total. The molecule has 9 aromatic rings. The molecule has 0 radical (unpaired) electrons. The summed E-state index contributed by atoms with van der Waals surface area (Å²) in [7, 11) is 0. The van der Waals surface area contributed by atoms with Crippen LogP contribution in [0.5, 0.6) is 0 Å². The average Bonchev–Trinajstić information content (AvgIpc) is 3.70. The lowest BCUT2D eigenvalue weighted by Gasteiger charge is -2.11. The minimum atomic E-state index is 0.697. The quantitative estimate of drug-likeness (QED) is 0.169. The Labute approximate surface area is 290 Å². The molecule has 3 aromatic heterocycles. The molecule has 0 aliphatic rings. The van der Waals surface area contributed by atoms with E-state index in [0.717, 1.165) is 55.6 Å². The highest BCUT2D eigenvalue weighted by Crippen LogP contribution is 2.39. The number of nitrogens with zero attached hydrogens (tertiary/aromatic N) is 4. The largest absolute Gasteiger partial charge is 0.309 e. The number of fused-ring (bicyclic) bond motifs is 6. The summed E-state index contributed by atoms with van der Waals surface area (Å²) in [5.74, 6) is 0.697. The van der Waals surface area contributed by atoms with Crippen LogP contribution in [-0.4, -0.2) is 19.1 Å². The van der Waals surface area contributed by atoms with Crippen LogP contribution in [0.2, 0.25) is 0 Å². The first-order valence-electron chi connectivity index (χ1n) is 17.1. The number of allylic oxidation sites excluding steroid dienone is 4. The van der Waals surface area contributed by atoms with Crippen molar-refractivity contribution in [3.63, 3.8) is 0 Å². The normalized spacial score (nSPS) is 12.2. The smallest absolute Gasteiger partial charge is 0.162 e. The lowest BCUT2D eigenvalue weighted by atomic mass is 10.0. The summed E-state index contributed by atoms with van der Waals surface area (Å²) in [5, 5.41) is 4.55. The Morgan fingerprint density at radius 1 is 0.540 bits per heavy atom. The fourth-order valence-corrected chi connectivity index (χ4v) is 7.23. The van der Waals surface area contributed by atoms with Gasteiger partial charge in [0, 0.05) is 38.7 Å². The number of rotatable bonds is 6. The van der Waals surface area contributed by atoms with E-state index in [9.17, 15) is 0 Å². The summed E-state index contributed by atoms with van der Waals surface area (Å²) in [6.07, 6.45) is 6.29. The second kappa shape index (κ2) is 12.2. The van der Waals surface area contributed by atoms with Gasteiger partial charge in [0.2, 0.25) is 0 Å². The maximum absolute atomic E-state index is 5.38. The van der Waals surface area contributed by atoms with Crippen LogP contribution in [0.3, 0.4) is 0 Å². The van der Waals surface area contributed by atoms with Gasteiger partial charge in [-0.05, 0) is 79.6 Å². The highest BCUT2D eigenvalue weighted by Gasteiger charge is 2.21. The summed E-state index contributed by atoms with van der Waals surface area (Å²) < 4.78 is 4.63. The van der Waals surface area contributed by atoms with Crippen LogP contribution in [0.4, 0.5) is 0 Å². The molecule has 0 amide bonds. The van der Waals surface area contributed by atoms with Crippen molar-refractivity contribution in [1.82, 2.24) is 19.1 Å². The van der Waals surface area contributed by atoms with E-state index in [0.29, 0.717) is 5.82 Å². The van der Waals surface area contributed by atoms with Crippen molar-refractivity contribution in [2.24, 2.45) is 0 Å². The zero-order valence-electron chi connectivity index (χ0n) is 28.0. The van der Waals surface area contributed by atoms with Gasteiger partial charge in [-0.3, -0.25) is 4.57 Å². The van der Waals surface area contributed by atoms with Crippen molar-refractivity contribution in [2.45, 2.75) is 13.8 Å². The van der Waals surface area contributed by atoms with Crippen molar-refractivity contribution in [3.05, 3.63) is 175 Å². The number of hydrogen-bond donors (Lipinski definition) is 0. The zero-order valence-corrected chi connectivity index (χ0v) is 28.0. The first-order valence-corrected chi connectivity index (χ1v) is 17.1. The van der Waals surface area contributed by atoms with Gasteiger partial charge in [-0.15, -0.1) is 0 Å². The number of para-hydroxylation sites is 3. The van der Waals surface area contributed by atoms with Crippen molar-refractivity contribution in [3.8, 4) is 34.0 Å². The molecular formula is C46H34N4.